The van der Waals surface area contributed by atoms with Gasteiger partial charge in [-0.15, -0.1) is 0 Å². The van der Waals surface area contributed by atoms with Crippen LogP contribution in [0.25, 0.3) is 16.5 Å². The molecule has 2 aromatic carbocycles. The second-order valence-corrected chi connectivity index (χ2v) is 7.46. The van der Waals surface area contributed by atoms with Gasteiger partial charge in [0, 0.05) is 30.8 Å². The average Bonchev–Trinajstić information content (AvgIpc) is 3.33. The fourth-order valence-electron chi connectivity index (χ4n) is 4.03. The summed E-state index contributed by atoms with van der Waals surface area (Å²) in [6.45, 7) is 0. The highest BCUT2D eigenvalue weighted by molar-refractivity contribution is 7.80. The van der Waals surface area contributed by atoms with E-state index in [4.69, 9.17) is 12.2 Å². The highest BCUT2D eigenvalue weighted by Gasteiger charge is 2.39. The van der Waals surface area contributed by atoms with E-state index in [2.05, 4.69) is 86.6 Å². The molecule has 2 atom stereocenters. The summed E-state index contributed by atoms with van der Waals surface area (Å²) in [7, 11) is 2.04. The Morgan fingerprint density at radius 3 is 2.57 bits per heavy atom. The van der Waals surface area contributed by atoms with Crippen LogP contribution in [0.5, 0.6) is 0 Å². The SMILES string of the molecule is CN1C(=S)N[C@@H](c2ccccn2)[C@H]1c1cccn1-c1ccc2ccccc2c1. The Morgan fingerprint density at radius 2 is 1.75 bits per heavy atom. The van der Waals surface area contributed by atoms with Crippen LogP contribution in [0.2, 0.25) is 0 Å². The van der Waals surface area contributed by atoms with Gasteiger partial charge in [-0.1, -0.05) is 36.4 Å². The van der Waals surface area contributed by atoms with Crippen molar-refractivity contribution in [1.82, 2.24) is 19.8 Å². The third-order valence-electron chi connectivity index (χ3n) is 5.43. The molecule has 5 heteroatoms. The van der Waals surface area contributed by atoms with Crippen molar-refractivity contribution in [1.29, 1.82) is 0 Å². The Morgan fingerprint density at radius 1 is 0.929 bits per heavy atom. The van der Waals surface area contributed by atoms with Crippen LogP contribution in [-0.2, 0) is 0 Å². The summed E-state index contributed by atoms with van der Waals surface area (Å²) >= 11 is 5.57. The van der Waals surface area contributed by atoms with E-state index in [1.165, 1.54) is 16.5 Å². The molecule has 1 aliphatic rings. The van der Waals surface area contributed by atoms with Crippen LogP contribution < -0.4 is 5.32 Å². The van der Waals surface area contributed by atoms with Gasteiger partial charge in [0.25, 0.3) is 0 Å². The lowest BCUT2D eigenvalue weighted by molar-refractivity contribution is 0.357. The van der Waals surface area contributed by atoms with E-state index in [1.54, 1.807) is 0 Å². The highest BCUT2D eigenvalue weighted by atomic mass is 32.1. The first-order valence-corrected chi connectivity index (χ1v) is 9.74. The molecule has 0 aliphatic carbocycles. The van der Waals surface area contributed by atoms with Crippen molar-refractivity contribution in [3.05, 3.63) is 96.6 Å². The molecule has 0 amide bonds. The minimum atomic E-state index is 0.00723. The predicted octanol–water partition coefficient (Wildman–Crippen LogP) is 4.63. The molecule has 0 saturated carbocycles. The number of likely N-dealkylation sites (N-methyl/N-ethyl adjacent to an activating group) is 1. The molecule has 5 rings (SSSR count). The zero-order valence-corrected chi connectivity index (χ0v) is 16.3. The zero-order valence-electron chi connectivity index (χ0n) is 15.5. The summed E-state index contributed by atoms with van der Waals surface area (Å²) in [5, 5.41) is 6.66. The van der Waals surface area contributed by atoms with Gasteiger partial charge in [0.05, 0.1) is 17.8 Å². The van der Waals surface area contributed by atoms with E-state index in [0.717, 1.165) is 16.5 Å². The third kappa shape index (κ3) is 2.75. The molecule has 1 N–H and O–H groups in total. The van der Waals surface area contributed by atoms with Crippen LogP contribution in [0.15, 0.2) is 85.2 Å². The van der Waals surface area contributed by atoms with Crippen LogP contribution in [0.1, 0.15) is 23.5 Å². The number of nitrogens with zero attached hydrogens (tertiary/aromatic N) is 3. The van der Waals surface area contributed by atoms with Crippen LogP contribution in [0, 0.1) is 0 Å². The molecule has 1 saturated heterocycles. The van der Waals surface area contributed by atoms with Crippen molar-refractivity contribution < 1.29 is 0 Å². The van der Waals surface area contributed by atoms with Crippen molar-refractivity contribution >= 4 is 28.1 Å². The highest BCUT2D eigenvalue weighted by Crippen LogP contribution is 2.38. The molecule has 0 unspecified atom stereocenters. The lowest BCUT2D eigenvalue weighted by Gasteiger charge is -2.26. The van der Waals surface area contributed by atoms with E-state index < -0.39 is 0 Å². The molecule has 0 bridgehead atoms. The number of hydrogen-bond donors (Lipinski definition) is 1. The maximum absolute atomic E-state index is 5.57. The first kappa shape index (κ1) is 17.0. The number of nitrogens with one attached hydrogen (secondary N) is 1. The molecule has 0 spiro atoms. The van der Waals surface area contributed by atoms with Gasteiger partial charge in [0.15, 0.2) is 5.11 Å². The number of fused-ring (bicyclic) bond motifs is 1. The molecule has 138 valence electrons. The molecule has 0 radical (unpaired) electrons. The Bertz CT molecular complexity index is 1150. The van der Waals surface area contributed by atoms with Gasteiger partial charge >= 0.3 is 0 Å². The molecule has 28 heavy (non-hydrogen) atoms. The summed E-state index contributed by atoms with van der Waals surface area (Å²) in [5.74, 6) is 0. The van der Waals surface area contributed by atoms with Gasteiger partial charge in [-0.3, -0.25) is 4.98 Å². The average molecular weight is 385 g/mol. The van der Waals surface area contributed by atoms with Gasteiger partial charge in [-0.05, 0) is 59.4 Å². The van der Waals surface area contributed by atoms with Gasteiger partial charge in [0.2, 0.25) is 0 Å². The predicted molar refractivity (Wildman–Crippen MR) is 116 cm³/mol. The third-order valence-corrected chi connectivity index (χ3v) is 5.84. The largest absolute Gasteiger partial charge is 0.352 e. The zero-order chi connectivity index (χ0) is 19.1. The second-order valence-electron chi connectivity index (χ2n) is 7.07. The molecular weight excluding hydrogens is 364 g/mol. The van der Waals surface area contributed by atoms with Gasteiger partial charge in [0.1, 0.15) is 0 Å². The van der Waals surface area contributed by atoms with Crippen molar-refractivity contribution in [2.24, 2.45) is 0 Å². The second kappa shape index (κ2) is 6.77. The maximum atomic E-state index is 5.57. The van der Waals surface area contributed by atoms with E-state index in [0.29, 0.717) is 0 Å². The summed E-state index contributed by atoms with van der Waals surface area (Å²) in [4.78, 5) is 6.70. The number of thiocarbonyl (C=S) groups is 1. The van der Waals surface area contributed by atoms with Crippen molar-refractivity contribution in [3.8, 4) is 5.69 Å². The van der Waals surface area contributed by atoms with Crippen LogP contribution in [0.3, 0.4) is 0 Å². The molecule has 1 aliphatic heterocycles. The molecular formula is C23H20N4S. The Hall–Kier alpha value is -3.18. The van der Waals surface area contributed by atoms with E-state index in [9.17, 15) is 0 Å². The number of hydrogen-bond acceptors (Lipinski definition) is 2. The van der Waals surface area contributed by atoms with Gasteiger partial charge < -0.3 is 14.8 Å². The van der Waals surface area contributed by atoms with Crippen molar-refractivity contribution in [3.63, 3.8) is 0 Å². The van der Waals surface area contributed by atoms with Crippen molar-refractivity contribution in [2.45, 2.75) is 12.1 Å². The van der Waals surface area contributed by atoms with Crippen LogP contribution in [-0.4, -0.2) is 26.6 Å². The summed E-state index contributed by atoms with van der Waals surface area (Å²) < 4.78 is 2.25. The summed E-state index contributed by atoms with van der Waals surface area (Å²) in [6, 6.07) is 25.3. The fraction of sp³-hybridized carbons (Fsp3) is 0.130. The standard InChI is InChI=1S/C23H20N4S/c1-26-22(21(25-23(26)28)19-9-4-5-13-24-19)20-10-6-14-27(20)18-12-11-16-7-2-3-8-17(16)15-18/h2-15,21-22H,1H3,(H,25,28)/t21-,22+/m0/s1. The molecule has 3 heterocycles. The fourth-order valence-corrected chi connectivity index (χ4v) is 4.27. The quantitative estimate of drug-likeness (QED) is 0.522. The molecule has 2 aromatic heterocycles. The first-order valence-electron chi connectivity index (χ1n) is 9.33. The topological polar surface area (TPSA) is 33.1 Å². The van der Waals surface area contributed by atoms with Gasteiger partial charge in [-0.25, -0.2) is 0 Å². The maximum Gasteiger partial charge on any atom is 0.169 e. The molecule has 4 nitrogen and oxygen atoms in total. The number of rotatable bonds is 3. The van der Waals surface area contributed by atoms with E-state index >= 15 is 0 Å². The van der Waals surface area contributed by atoms with E-state index in [-0.39, 0.29) is 12.1 Å². The Balaban J connectivity index is 1.61. The number of aromatic nitrogens is 2. The molecule has 4 aromatic rings. The number of benzene rings is 2. The smallest absolute Gasteiger partial charge is 0.169 e. The number of pyridine rings is 1. The van der Waals surface area contributed by atoms with E-state index in [1.807, 2.05) is 25.4 Å². The van der Waals surface area contributed by atoms with Crippen LogP contribution >= 0.6 is 12.2 Å². The normalized spacial score (nSPS) is 19.2. The Labute approximate surface area is 169 Å². The van der Waals surface area contributed by atoms with Gasteiger partial charge in [-0.2, -0.15) is 0 Å². The summed E-state index contributed by atoms with van der Waals surface area (Å²) in [6.07, 6.45) is 3.95. The van der Waals surface area contributed by atoms with Crippen molar-refractivity contribution in [2.75, 3.05) is 7.05 Å². The monoisotopic (exact) mass is 384 g/mol. The lowest BCUT2D eigenvalue weighted by Crippen LogP contribution is -2.25. The minimum Gasteiger partial charge on any atom is -0.352 e. The lowest BCUT2D eigenvalue weighted by atomic mass is 10.0. The Kier molecular flexibility index (Phi) is 4.10. The first-order chi connectivity index (χ1) is 13.7. The van der Waals surface area contributed by atoms with Crippen LogP contribution in [0.4, 0.5) is 0 Å². The molecule has 1 fully saturated rings. The minimum absolute atomic E-state index is 0.00723. The summed E-state index contributed by atoms with van der Waals surface area (Å²) in [5.41, 5.74) is 3.32.